The van der Waals surface area contributed by atoms with Gasteiger partial charge in [-0.3, -0.25) is 0 Å². The van der Waals surface area contributed by atoms with Crippen molar-refractivity contribution in [3.8, 4) is 22.3 Å². The van der Waals surface area contributed by atoms with Gasteiger partial charge in [0, 0.05) is 0 Å². The van der Waals surface area contributed by atoms with Crippen LogP contribution in [0.2, 0.25) is 9.26 Å². The minimum Gasteiger partial charge on any atom is -0.147 e. The second-order valence-electron chi connectivity index (χ2n) is 18.5. The first kappa shape index (κ1) is 40.8. The second-order valence-corrected chi connectivity index (χ2v) is 48.9. The largest absolute Gasteiger partial charge is 0.147 e. The first-order valence-electron chi connectivity index (χ1n) is 18.3. The number of hydrogen-bond donors (Lipinski definition) is 0. The zero-order valence-corrected chi connectivity index (χ0v) is 38.1. The molecule has 0 N–H and O–H groups in total. The maximum atomic E-state index is 2.80. The molecule has 0 nitrogen and oxygen atoms in total. The molecule has 0 fully saturated rings. The molecule has 4 aromatic carbocycles. The molecule has 2 aliphatic carbocycles. The SMILES string of the molecule is CCC1=Cc2c(-c3ccc(C(C)(C)C)cc3)cc(C)cc2[CH]1[Zr]([CH3])([CH3])(=[SiH2])[CH]1C(C(C)C)=Cc2c(-c3ccc(C(C)(C)C)cc3)cccc21.Cl.Cl. The van der Waals surface area contributed by atoms with Crippen LogP contribution in [0.25, 0.3) is 34.4 Å². The number of rotatable bonds is 6. The second kappa shape index (κ2) is 14.1. The number of benzene rings is 4. The fraction of sp³-hybridized carbons (Fsp3) is 0.391. The fourth-order valence-electron chi connectivity index (χ4n) is 9.06. The molecule has 0 saturated carbocycles. The van der Waals surface area contributed by atoms with Crippen LogP contribution in [0.1, 0.15) is 115 Å². The minimum atomic E-state index is -3.73. The maximum Gasteiger partial charge on any atom is -0.147 e. The van der Waals surface area contributed by atoms with Crippen molar-refractivity contribution in [1.29, 1.82) is 0 Å². The molecule has 0 saturated heterocycles. The summed E-state index contributed by atoms with van der Waals surface area (Å²) < 4.78 is 6.62. The fourth-order valence-corrected chi connectivity index (χ4v) is 29.1. The van der Waals surface area contributed by atoms with E-state index in [4.69, 9.17) is 0 Å². The zero-order valence-electron chi connectivity index (χ0n) is 32.6. The van der Waals surface area contributed by atoms with Crippen LogP contribution in [0.15, 0.2) is 90.0 Å². The van der Waals surface area contributed by atoms with Gasteiger partial charge in [-0.25, -0.2) is 0 Å². The van der Waals surface area contributed by atoms with E-state index in [9.17, 15) is 0 Å². The van der Waals surface area contributed by atoms with Crippen molar-refractivity contribution in [3.63, 3.8) is 0 Å². The zero-order chi connectivity index (χ0) is 35.0. The summed E-state index contributed by atoms with van der Waals surface area (Å²) >= 11 is -3.73. The van der Waals surface area contributed by atoms with Gasteiger partial charge in [0.25, 0.3) is 0 Å². The molecule has 0 heterocycles. The van der Waals surface area contributed by atoms with E-state index in [0.717, 1.165) is 6.42 Å². The van der Waals surface area contributed by atoms with Gasteiger partial charge < -0.3 is 0 Å². The molecule has 4 heteroatoms. The van der Waals surface area contributed by atoms with E-state index in [1.807, 2.05) is 0 Å². The van der Waals surface area contributed by atoms with E-state index in [0.29, 0.717) is 13.2 Å². The number of halogens is 2. The molecule has 266 valence electrons. The number of allylic oxidation sites excluding steroid dienone is 2. The molecule has 2 atom stereocenters. The Labute approximate surface area is 319 Å². The normalized spacial score (nSPS) is 17.4. The summed E-state index contributed by atoms with van der Waals surface area (Å²) in [5.74, 6) is 0.500. The third kappa shape index (κ3) is 7.18. The van der Waals surface area contributed by atoms with Gasteiger partial charge in [-0.15, -0.1) is 24.8 Å². The summed E-state index contributed by atoms with van der Waals surface area (Å²) in [4.78, 5) is 0. The van der Waals surface area contributed by atoms with Crippen molar-refractivity contribution in [3.05, 3.63) is 129 Å². The molecule has 6 rings (SSSR count). The van der Waals surface area contributed by atoms with Gasteiger partial charge in [0.05, 0.1) is 0 Å². The average molecular weight is 803 g/mol. The standard InChI is InChI=1S/2C22H25.2CH3.2ClH.H2Si.Zr/c1-15(2)18-13-17-7-6-8-20(21(17)14-18)16-9-11-19(12-10-16)22(3,4)5;1-6-16-13-18-11-15(2)12-20(21(18)14-16)17-7-9-19(10-8-17)22(3,4)5;;;;;;/h6-15H,1-5H3;7-14H,6H2,1-5H3;2*1H3;2*1H;1H2;. The summed E-state index contributed by atoms with van der Waals surface area (Å²) in [5.41, 5.74) is 19.3. The van der Waals surface area contributed by atoms with Crippen LogP contribution in [-0.4, -0.2) is 6.88 Å². The number of fused-ring (bicyclic) bond motifs is 2. The Morgan fingerprint density at radius 2 is 1.16 bits per heavy atom. The molecule has 0 radical (unpaired) electrons. The van der Waals surface area contributed by atoms with Crippen molar-refractivity contribution >= 4 is 43.8 Å². The van der Waals surface area contributed by atoms with Crippen LogP contribution >= 0.6 is 24.8 Å². The Morgan fingerprint density at radius 1 is 0.660 bits per heavy atom. The van der Waals surface area contributed by atoms with Gasteiger partial charge >= 0.3 is 297 Å². The Bertz CT molecular complexity index is 2020. The van der Waals surface area contributed by atoms with Crippen LogP contribution in [0.4, 0.5) is 0 Å². The van der Waals surface area contributed by atoms with Crippen molar-refractivity contribution in [2.75, 3.05) is 0 Å². The molecule has 2 aliphatic rings. The van der Waals surface area contributed by atoms with Crippen LogP contribution in [0.5, 0.6) is 0 Å². The smallest absolute Gasteiger partial charge is 0.147 e. The average Bonchev–Trinajstić information content (AvgIpc) is 3.60. The predicted molar refractivity (Wildman–Crippen MR) is 227 cm³/mol. The summed E-state index contributed by atoms with van der Waals surface area (Å²) in [7, 11) is 0. The summed E-state index contributed by atoms with van der Waals surface area (Å²) in [6.45, 7) is 25.8. The predicted octanol–water partition coefficient (Wildman–Crippen LogP) is 13.7. The van der Waals surface area contributed by atoms with Gasteiger partial charge in [0.15, 0.2) is 0 Å². The Balaban J connectivity index is 0.00000281. The number of aryl methyl sites for hydroxylation is 1. The molecular weight excluding hydrogens is 743 g/mol. The molecule has 0 amide bonds. The first-order valence-corrected chi connectivity index (χ1v) is 32.0. The van der Waals surface area contributed by atoms with Crippen molar-refractivity contribution in [1.82, 2.24) is 0 Å². The van der Waals surface area contributed by atoms with Gasteiger partial charge in [-0.2, -0.15) is 0 Å². The van der Waals surface area contributed by atoms with Crippen molar-refractivity contribution in [2.45, 2.75) is 103 Å². The molecular formula is C46H60Cl2SiZr. The number of hydrogen-bond acceptors (Lipinski definition) is 0. The Kier molecular flexibility index (Phi) is 11.5. The Morgan fingerprint density at radius 3 is 1.64 bits per heavy atom. The van der Waals surface area contributed by atoms with Crippen LogP contribution in [-0.2, 0) is 28.2 Å². The van der Waals surface area contributed by atoms with Crippen molar-refractivity contribution < 1.29 is 17.4 Å². The van der Waals surface area contributed by atoms with Crippen molar-refractivity contribution in [2.24, 2.45) is 5.92 Å². The molecule has 2 unspecified atom stereocenters. The van der Waals surface area contributed by atoms with E-state index in [2.05, 4.69) is 176 Å². The molecule has 0 aromatic heterocycles. The van der Waals surface area contributed by atoms with Crippen LogP contribution in [0, 0.1) is 12.8 Å². The molecule has 50 heavy (non-hydrogen) atoms. The van der Waals surface area contributed by atoms with E-state index < -0.39 is 17.4 Å². The van der Waals surface area contributed by atoms with E-state index in [-0.39, 0.29) is 35.6 Å². The summed E-state index contributed by atoms with van der Waals surface area (Å²) in [5, 5.41) is 0. The summed E-state index contributed by atoms with van der Waals surface area (Å²) in [6, 6.07) is 31.0. The first-order chi connectivity index (χ1) is 22.3. The Hall–Kier alpha value is -1.96. The van der Waals surface area contributed by atoms with Gasteiger partial charge in [-0.1, -0.05) is 0 Å². The third-order valence-electron chi connectivity index (χ3n) is 11.6. The van der Waals surface area contributed by atoms with E-state index in [1.165, 1.54) is 50.1 Å². The van der Waals surface area contributed by atoms with Gasteiger partial charge in [0.1, 0.15) is 0 Å². The van der Waals surface area contributed by atoms with E-state index in [1.54, 1.807) is 22.3 Å². The molecule has 0 spiro atoms. The molecule has 0 aliphatic heterocycles. The quantitative estimate of drug-likeness (QED) is 0.170. The summed E-state index contributed by atoms with van der Waals surface area (Å²) in [6.07, 6.45) is 6.34. The van der Waals surface area contributed by atoms with Crippen LogP contribution in [0.3, 0.4) is 0 Å². The third-order valence-corrected chi connectivity index (χ3v) is 29.0. The minimum absolute atomic E-state index is 0. The maximum absolute atomic E-state index is 3.73. The monoisotopic (exact) mass is 800 g/mol. The molecule has 4 aromatic rings. The van der Waals surface area contributed by atoms with Gasteiger partial charge in [0.2, 0.25) is 0 Å². The van der Waals surface area contributed by atoms with E-state index >= 15 is 0 Å². The topological polar surface area (TPSA) is 0 Å². The van der Waals surface area contributed by atoms with Gasteiger partial charge in [-0.05, 0) is 0 Å². The van der Waals surface area contributed by atoms with Crippen LogP contribution < -0.4 is 0 Å². The molecule has 0 bridgehead atoms.